The third-order valence-electron chi connectivity index (χ3n) is 3.89. The molecular formula is C21H22F4O2. The van der Waals surface area contributed by atoms with E-state index in [1.807, 2.05) is 24.3 Å². The zero-order valence-electron chi connectivity index (χ0n) is 15.1. The molecule has 0 bridgehead atoms. The molecule has 0 amide bonds. The molecule has 0 aliphatic carbocycles. The topological polar surface area (TPSA) is 18.5 Å². The van der Waals surface area contributed by atoms with Gasteiger partial charge in [-0.3, -0.25) is 0 Å². The normalized spacial score (nSPS) is 11.5. The Balaban J connectivity index is 1.87. The molecule has 0 aliphatic rings. The fourth-order valence-electron chi connectivity index (χ4n) is 2.48. The van der Waals surface area contributed by atoms with Crippen molar-refractivity contribution in [1.82, 2.24) is 0 Å². The zero-order chi connectivity index (χ0) is 19.6. The summed E-state index contributed by atoms with van der Waals surface area (Å²) in [5.74, 6) is -3.20. The number of aryl methyl sites for hydroxylation is 1. The molecule has 2 rings (SSSR count). The van der Waals surface area contributed by atoms with Crippen LogP contribution in [0.15, 0.2) is 48.3 Å². The van der Waals surface area contributed by atoms with E-state index < -0.39 is 24.1 Å². The van der Waals surface area contributed by atoms with E-state index in [4.69, 9.17) is 9.47 Å². The van der Waals surface area contributed by atoms with Crippen molar-refractivity contribution in [2.24, 2.45) is 0 Å². The van der Waals surface area contributed by atoms with Crippen LogP contribution in [-0.4, -0.2) is 13.3 Å². The number of hydrogen-bond acceptors (Lipinski definition) is 2. The summed E-state index contributed by atoms with van der Waals surface area (Å²) in [6.07, 6.45) is 3.17. The van der Waals surface area contributed by atoms with E-state index in [2.05, 4.69) is 0 Å². The van der Waals surface area contributed by atoms with Crippen molar-refractivity contribution in [3.63, 3.8) is 0 Å². The lowest BCUT2D eigenvalue weighted by atomic mass is 10.1. The first-order valence-electron chi connectivity index (χ1n) is 8.77. The summed E-state index contributed by atoms with van der Waals surface area (Å²) in [6.45, 7) is 0.955. The van der Waals surface area contributed by atoms with Crippen LogP contribution in [0, 0.1) is 11.6 Å². The minimum Gasteiger partial charge on any atom is -0.491 e. The minimum absolute atomic E-state index is 0.0923. The van der Waals surface area contributed by atoms with Gasteiger partial charge in [0.05, 0.1) is 6.61 Å². The van der Waals surface area contributed by atoms with Crippen molar-refractivity contribution >= 4 is 0 Å². The minimum atomic E-state index is -1.08. The molecule has 2 nitrogen and oxygen atoms in total. The van der Waals surface area contributed by atoms with Crippen molar-refractivity contribution in [1.29, 1.82) is 0 Å². The smallest absolute Gasteiger partial charge is 0.204 e. The van der Waals surface area contributed by atoms with E-state index >= 15 is 0 Å². The summed E-state index contributed by atoms with van der Waals surface area (Å²) in [6, 6.07) is 10.1. The maximum Gasteiger partial charge on any atom is 0.204 e. The van der Waals surface area contributed by atoms with Gasteiger partial charge in [0.2, 0.25) is 11.6 Å². The number of allylic oxidation sites excluding steroid dienone is 2. The van der Waals surface area contributed by atoms with Gasteiger partial charge in [0.15, 0.2) is 11.5 Å². The molecule has 0 atom stereocenters. The molecule has 2 aromatic rings. The fourth-order valence-corrected chi connectivity index (χ4v) is 2.48. The lowest BCUT2D eigenvalue weighted by Crippen LogP contribution is -2.02. The van der Waals surface area contributed by atoms with Gasteiger partial charge in [-0.2, -0.15) is 8.78 Å². The van der Waals surface area contributed by atoms with Gasteiger partial charge in [-0.25, -0.2) is 8.78 Å². The van der Waals surface area contributed by atoms with Crippen LogP contribution < -0.4 is 9.47 Å². The first kappa shape index (κ1) is 20.8. The number of ether oxygens (including phenoxy) is 2. The van der Waals surface area contributed by atoms with E-state index in [9.17, 15) is 17.6 Å². The molecule has 0 aromatic heterocycles. The maximum absolute atomic E-state index is 14.0. The Morgan fingerprint density at radius 1 is 0.926 bits per heavy atom. The Morgan fingerprint density at radius 2 is 1.52 bits per heavy atom. The maximum atomic E-state index is 14.0. The molecule has 0 fully saturated rings. The number of alkyl halides is 1. The van der Waals surface area contributed by atoms with Gasteiger partial charge < -0.3 is 9.47 Å². The average Bonchev–Trinajstić information content (AvgIpc) is 2.69. The van der Waals surface area contributed by atoms with Crippen LogP contribution in [0.1, 0.15) is 30.9 Å². The monoisotopic (exact) mass is 382 g/mol. The molecular weight excluding hydrogens is 360 g/mol. The SMILES string of the molecule is CCOc1ccc(OCc2ccc(CCCC=C(F)CF)cc2)c(F)c1F. The van der Waals surface area contributed by atoms with Crippen LogP contribution in [0.5, 0.6) is 11.5 Å². The van der Waals surface area contributed by atoms with Crippen molar-refractivity contribution in [2.45, 2.75) is 32.8 Å². The van der Waals surface area contributed by atoms with Crippen molar-refractivity contribution in [3.8, 4) is 11.5 Å². The van der Waals surface area contributed by atoms with Gasteiger partial charge in [0.1, 0.15) is 19.1 Å². The molecule has 0 aliphatic heterocycles. The number of halogens is 4. The lowest BCUT2D eigenvalue weighted by Gasteiger charge is -2.11. The highest BCUT2D eigenvalue weighted by Gasteiger charge is 2.15. The quantitative estimate of drug-likeness (QED) is 0.366. The van der Waals surface area contributed by atoms with Crippen molar-refractivity contribution < 1.29 is 27.0 Å². The molecule has 6 heteroatoms. The molecule has 0 heterocycles. The third kappa shape index (κ3) is 6.31. The van der Waals surface area contributed by atoms with Gasteiger partial charge in [0, 0.05) is 0 Å². The largest absolute Gasteiger partial charge is 0.491 e. The van der Waals surface area contributed by atoms with Crippen LogP contribution in [0.2, 0.25) is 0 Å². The third-order valence-corrected chi connectivity index (χ3v) is 3.89. The summed E-state index contributed by atoms with van der Waals surface area (Å²) in [5.41, 5.74) is 1.85. The highest BCUT2D eigenvalue weighted by molar-refractivity contribution is 5.35. The number of rotatable bonds is 10. The summed E-state index contributed by atoms with van der Waals surface area (Å²) in [7, 11) is 0. The van der Waals surface area contributed by atoms with Crippen LogP contribution in [0.25, 0.3) is 0 Å². The summed E-state index contributed by atoms with van der Waals surface area (Å²) >= 11 is 0. The average molecular weight is 382 g/mol. The molecule has 0 unspecified atom stereocenters. The van der Waals surface area contributed by atoms with Crippen LogP contribution >= 0.6 is 0 Å². The molecule has 0 saturated heterocycles. The van der Waals surface area contributed by atoms with E-state index in [1.165, 1.54) is 18.2 Å². The van der Waals surface area contributed by atoms with E-state index in [-0.39, 0.29) is 24.7 Å². The Hall–Kier alpha value is -2.50. The van der Waals surface area contributed by atoms with Crippen LogP contribution in [0.4, 0.5) is 17.6 Å². The molecule has 0 N–H and O–H groups in total. The zero-order valence-corrected chi connectivity index (χ0v) is 15.1. The van der Waals surface area contributed by atoms with Crippen LogP contribution in [-0.2, 0) is 13.0 Å². The van der Waals surface area contributed by atoms with Gasteiger partial charge in [-0.15, -0.1) is 0 Å². The second kappa shape index (κ2) is 10.6. The van der Waals surface area contributed by atoms with Gasteiger partial charge in [-0.1, -0.05) is 30.3 Å². The van der Waals surface area contributed by atoms with Gasteiger partial charge in [0.25, 0.3) is 0 Å². The highest BCUT2D eigenvalue weighted by atomic mass is 19.2. The molecule has 2 aromatic carbocycles. The summed E-state index contributed by atoms with van der Waals surface area (Å²) in [4.78, 5) is 0. The van der Waals surface area contributed by atoms with E-state index in [0.717, 1.165) is 17.5 Å². The predicted molar refractivity (Wildman–Crippen MR) is 96.4 cm³/mol. The number of unbranched alkanes of at least 4 members (excludes halogenated alkanes) is 1. The Morgan fingerprint density at radius 3 is 2.11 bits per heavy atom. The molecule has 27 heavy (non-hydrogen) atoms. The Labute approximate surface area is 156 Å². The van der Waals surface area contributed by atoms with Crippen LogP contribution in [0.3, 0.4) is 0 Å². The Kier molecular flexibility index (Phi) is 8.17. The fraction of sp³-hybridized carbons (Fsp3) is 0.333. The predicted octanol–water partition coefficient (Wildman–Crippen LogP) is 6.09. The van der Waals surface area contributed by atoms with E-state index in [1.54, 1.807) is 6.92 Å². The van der Waals surface area contributed by atoms with Crippen molar-refractivity contribution in [3.05, 3.63) is 71.1 Å². The lowest BCUT2D eigenvalue weighted by molar-refractivity contribution is 0.274. The number of hydrogen-bond donors (Lipinski definition) is 0. The summed E-state index contributed by atoms with van der Waals surface area (Å²) < 4.78 is 62.8. The molecule has 146 valence electrons. The van der Waals surface area contributed by atoms with Gasteiger partial charge in [-0.05, 0) is 49.4 Å². The van der Waals surface area contributed by atoms with E-state index in [0.29, 0.717) is 12.8 Å². The summed E-state index contributed by atoms with van der Waals surface area (Å²) in [5, 5.41) is 0. The molecule has 0 radical (unpaired) electrons. The Bertz CT molecular complexity index is 758. The first-order chi connectivity index (χ1) is 13.0. The highest BCUT2D eigenvalue weighted by Crippen LogP contribution is 2.28. The molecule has 0 saturated carbocycles. The standard InChI is InChI=1S/C21H22F4O2/c1-2-26-18-11-12-19(21(25)20(18)24)27-14-16-9-7-15(8-10-16)5-3-4-6-17(23)13-22/h6-12H,2-5,13-14H2,1H3. The second-order valence-corrected chi connectivity index (χ2v) is 5.90. The van der Waals surface area contributed by atoms with Crippen molar-refractivity contribution in [2.75, 3.05) is 13.3 Å². The van der Waals surface area contributed by atoms with Gasteiger partial charge >= 0.3 is 0 Å². The number of benzene rings is 2. The first-order valence-corrected chi connectivity index (χ1v) is 8.77. The molecule has 0 spiro atoms. The second-order valence-electron chi connectivity index (χ2n) is 5.90.